The molecule has 1 aliphatic rings. The molecule has 0 unspecified atom stereocenters. The van der Waals surface area contributed by atoms with E-state index in [-0.39, 0.29) is 11.9 Å². The van der Waals surface area contributed by atoms with E-state index in [4.69, 9.17) is 5.73 Å². The standard InChI is InChI=1S/C15H23N3O/c1-11-5-6-13(9-17-11)8-15(19)18-7-3-4-14(10-18)12(2)16/h5-6,9,12,14H,3-4,7-8,10,16H2,1-2H3/t12-,14+/m1/s1. The molecule has 2 atom stereocenters. The van der Waals surface area contributed by atoms with Gasteiger partial charge in [0.25, 0.3) is 0 Å². The van der Waals surface area contributed by atoms with Gasteiger partial charge in [0.15, 0.2) is 0 Å². The minimum absolute atomic E-state index is 0.164. The van der Waals surface area contributed by atoms with Crippen LogP contribution in [0.4, 0.5) is 0 Å². The van der Waals surface area contributed by atoms with Crippen LogP contribution in [0.2, 0.25) is 0 Å². The van der Waals surface area contributed by atoms with Crippen LogP contribution < -0.4 is 5.73 Å². The molecule has 1 saturated heterocycles. The lowest BCUT2D eigenvalue weighted by molar-refractivity contribution is -0.132. The Morgan fingerprint density at radius 2 is 2.37 bits per heavy atom. The monoisotopic (exact) mass is 261 g/mol. The molecule has 2 heterocycles. The largest absolute Gasteiger partial charge is 0.342 e. The molecule has 4 nitrogen and oxygen atoms in total. The minimum atomic E-state index is 0.164. The van der Waals surface area contributed by atoms with Crippen LogP contribution in [0.5, 0.6) is 0 Å². The molecule has 1 aromatic rings. The van der Waals surface area contributed by atoms with Crippen LogP contribution in [0.3, 0.4) is 0 Å². The Bertz CT molecular complexity index is 428. The fourth-order valence-electron chi connectivity index (χ4n) is 2.56. The Balaban J connectivity index is 1.94. The number of nitrogens with two attached hydrogens (primary N) is 1. The van der Waals surface area contributed by atoms with Gasteiger partial charge >= 0.3 is 0 Å². The van der Waals surface area contributed by atoms with Crippen molar-refractivity contribution in [2.45, 2.75) is 39.2 Å². The number of aryl methyl sites for hydroxylation is 1. The fourth-order valence-corrected chi connectivity index (χ4v) is 2.56. The highest BCUT2D eigenvalue weighted by Gasteiger charge is 2.25. The van der Waals surface area contributed by atoms with Gasteiger partial charge in [-0.2, -0.15) is 0 Å². The summed E-state index contributed by atoms with van der Waals surface area (Å²) in [7, 11) is 0. The third-order valence-electron chi connectivity index (χ3n) is 3.88. The second-order valence-corrected chi connectivity index (χ2v) is 5.59. The summed E-state index contributed by atoms with van der Waals surface area (Å²) < 4.78 is 0. The topological polar surface area (TPSA) is 59.2 Å². The van der Waals surface area contributed by atoms with Crippen molar-refractivity contribution in [3.8, 4) is 0 Å². The van der Waals surface area contributed by atoms with Crippen molar-refractivity contribution in [1.82, 2.24) is 9.88 Å². The van der Waals surface area contributed by atoms with E-state index in [1.807, 2.05) is 30.9 Å². The molecule has 0 spiro atoms. The molecule has 0 aliphatic carbocycles. The lowest BCUT2D eigenvalue weighted by Gasteiger charge is -2.34. The van der Waals surface area contributed by atoms with E-state index in [9.17, 15) is 4.79 Å². The molecular formula is C15H23N3O. The van der Waals surface area contributed by atoms with Gasteiger partial charge in [-0.05, 0) is 44.2 Å². The predicted octanol–water partition coefficient (Wildman–Crippen LogP) is 1.52. The van der Waals surface area contributed by atoms with Crippen LogP contribution in [0.15, 0.2) is 18.3 Å². The number of nitrogens with zero attached hydrogens (tertiary/aromatic N) is 2. The molecule has 0 bridgehead atoms. The molecule has 0 radical (unpaired) electrons. The summed E-state index contributed by atoms with van der Waals surface area (Å²) in [6.07, 6.45) is 4.43. The van der Waals surface area contributed by atoms with E-state index >= 15 is 0 Å². The highest BCUT2D eigenvalue weighted by Crippen LogP contribution is 2.19. The lowest BCUT2D eigenvalue weighted by atomic mass is 9.92. The Kier molecular flexibility index (Phi) is 4.53. The molecule has 19 heavy (non-hydrogen) atoms. The fraction of sp³-hybridized carbons (Fsp3) is 0.600. The van der Waals surface area contributed by atoms with E-state index in [1.54, 1.807) is 6.20 Å². The van der Waals surface area contributed by atoms with E-state index in [1.165, 1.54) is 0 Å². The van der Waals surface area contributed by atoms with Crippen LogP contribution >= 0.6 is 0 Å². The summed E-state index contributed by atoms with van der Waals surface area (Å²) in [6.45, 7) is 5.64. The zero-order chi connectivity index (χ0) is 13.8. The zero-order valence-corrected chi connectivity index (χ0v) is 11.8. The van der Waals surface area contributed by atoms with E-state index in [0.717, 1.165) is 37.2 Å². The van der Waals surface area contributed by atoms with Crippen molar-refractivity contribution in [2.24, 2.45) is 11.7 Å². The summed E-state index contributed by atoms with van der Waals surface area (Å²) in [6, 6.07) is 4.09. The molecular weight excluding hydrogens is 238 g/mol. The summed E-state index contributed by atoms with van der Waals surface area (Å²) >= 11 is 0. The average Bonchev–Trinajstić information content (AvgIpc) is 2.41. The molecule has 0 aromatic carbocycles. The first-order valence-corrected chi connectivity index (χ1v) is 7.01. The number of rotatable bonds is 3. The van der Waals surface area contributed by atoms with Crippen molar-refractivity contribution in [2.75, 3.05) is 13.1 Å². The molecule has 2 rings (SSSR count). The maximum atomic E-state index is 12.3. The van der Waals surface area contributed by atoms with Crippen molar-refractivity contribution >= 4 is 5.91 Å². The first kappa shape index (κ1) is 14.0. The molecule has 4 heteroatoms. The van der Waals surface area contributed by atoms with Crippen LogP contribution in [0.1, 0.15) is 31.0 Å². The summed E-state index contributed by atoms with van der Waals surface area (Å²) in [5, 5.41) is 0. The lowest BCUT2D eigenvalue weighted by Crippen LogP contribution is -2.45. The quantitative estimate of drug-likeness (QED) is 0.897. The van der Waals surface area contributed by atoms with E-state index < -0.39 is 0 Å². The number of carbonyl (C=O) groups excluding carboxylic acids is 1. The molecule has 2 N–H and O–H groups in total. The van der Waals surface area contributed by atoms with Crippen molar-refractivity contribution in [3.63, 3.8) is 0 Å². The van der Waals surface area contributed by atoms with Gasteiger partial charge in [-0.15, -0.1) is 0 Å². The maximum absolute atomic E-state index is 12.3. The molecule has 0 saturated carbocycles. The van der Waals surface area contributed by atoms with Gasteiger partial charge in [0.2, 0.25) is 5.91 Å². The smallest absolute Gasteiger partial charge is 0.227 e. The number of pyridine rings is 1. The number of aromatic nitrogens is 1. The van der Waals surface area contributed by atoms with Crippen LogP contribution in [-0.2, 0) is 11.2 Å². The second kappa shape index (κ2) is 6.15. The molecule has 104 valence electrons. The summed E-state index contributed by atoms with van der Waals surface area (Å²) in [4.78, 5) is 18.5. The number of piperidine rings is 1. The van der Waals surface area contributed by atoms with Gasteiger partial charge in [-0.25, -0.2) is 0 Å². The van der Waals surface area contributed by atoms with Crippen LogP contribution in [-0.4, -0.2) is 34.9 Å². The second-order valence-electron chi connectivity index (χ2n) is 5.59. The summed E-state index contributed by atoms with van der Waals surface area (Å²) in [5.74, 6) is 0.629. The average molecular weight is 261 g/mol. The number of hydrogen-bond acceptors (Lipinski definition) is 3. The van der Waals surface area contributed by atoms with Gasteiger partial charge in [-0.1, -0.05) is 6.07 Å². The first-order chi connectivity index (χ1) is 9.06. The Hall–Kier alpha value is -1.42. The van der Waals surface area contributed by atoms with E-state index in [0.29, 0.717) is 12.3 Å². The zero-order valence-electron chi connectivity index (χ0n) is 11.8. The van der Waals surface area contributed by atoms with Gasteiger partial charge in [0.05, 0.1) is 6.42 Å². The van der Waals surface area contributed by atoms with Crippen molar-refractivity contribution in [1.29, 1.82) is 0 Å². The van der Waals surface area contributed by atoms with Crippen molar-refractivity contribution in [3.05, 3.63) is 29.6 Å². The van der Waals surface area contributed by atoms with Gasteiger partial charge in [-0.3, -0.25) is 9.78 Å². The Morgan fingerprint density at radius 3 is 3.00 bits per heavy atom. The third kappa shape index (κ3) is 3.77. The number of amides is 1. The number of carbonyl (C=O) groups is 1. The molecule has 1 aliphatic heterocycles. The van der Waals surface area contributed by atoms with Gasteiger partial charge in [0, 0.05) is 31.0 Å². The minimum Gasteiger partial charge on any atom is -0.342 e. The third-order valence-corrected chi connectivity index (χ3v) is 3.88. The van der Waals surface area contributed by atoms with E-state index in [2.05, 4.69) is 4.98 Å². The maximum Gasteiger partial charge on any atom is 0.227 e. The highest BCUT2D eigenvalue weighted by atomic mass is 16.2. The molecule has 1 aromatic heterocycles. The molecule has 1 amide bonds. The first-order valence-electron chi connectivity index (χ1n) is 7.01. The highest BCUT2D eigenvalue weighted by molar-refractivity contribution is 5.78. The van der Waals surface area contributed by atoms with Crippen LogP contribution in [0.25, 0.3) is 0 Å². The number of hydrogen-bond donors (Lipinski definition) is 1. The SMILES string of the molecule is Cc1ccc(CC(=O)N2CCC[C@H]([C@@H](C)N)C2)cn1. The van der Waals surface area contributed by atoms with Crippen molar-refractivity contribution < 1.29 is 4.79 Å². The predicted molar refractivity (Wildman–Crippen MR) is 75.6 cm³/mol. The van der Waals surface area contributed by atoms with Crippen LogP contribution in [0, 0.1) is 12.8 Å². The normalized spacial score (nSPS) is 21.2. The Labute approximate surface area is 115 Å². The van der Waals surface area contributed by atoms with Gasteiger partial charge in [0.1, 0.15) is 0 Å². The van der Waals surface area contributed by atoms with Gasteiger partial charge < -0.3 is 10.6 Å². The molecule has 1 fully saturated rings. The summed E-state index contributed by atoms with van der Waals surface area (Å²) in [5.41, 5.74) is 7.91. The Morgan fingerprint density at radius 1 is 1.58 bits per heavy atom. The number of likely N-dealkylation sites (tertiary alicyclic amines) is 1.